The molecule has 1 aliphatic rings. The van der Waals surface area contributed by atoms with Crippen LogP contribution in [0, 0.1) is 5.41 Å². The minimum atomic E-state index is 0.351. The predicted molar refractivity (Wildman–Crippen MR) is 70.7 cm³/mol. The fourth-order valence-electron chi connectivity index (χ4n) is 2.04. The van der Waals surface area contributed by atoms with Gasteiger partial charge in [0.05, 0.1) is 13.2 Å². The highest BCUT2D eigenvalue weighted by Crippen LogP contribution is 2.36. The maximum atomic E-state index is 5.44. The van der Waals surface area contributed by atoms with E-state index in [4.69, 9.17) is 4.74 Å². The first kappa shape index (κ1) is 12.1. The molecule has 1 aromatic carbocycles. The van der Waals surface area contributed by atoms with Gasteiger partial charge in [0.15, 0.2) is 0 Å². The van der Waals surface area contributed by atoms with Crippen molar-refractivity contribution in [2.45, 2.75) is 45.2 Å². The molecule has 1 nitrogen and oxygen atoms in total. The second-order valence-corrected chi connectivity index (χ2v) is 6.86. The third-order valence-electron chi connectivity index (χ3n) is 2.90. The molecule has 88 valence electrons. The average Bonchev–Trinajstić information content (AvgIpc) is 2.61. The van der Waals surface area contributed by atoms with Crippen molar-refractivity contribution >= 4 is 15.9 Å². The lowest BCUT2D eigenvalue weighted by molar-refractivity contribution is 0.134. The summed E-state index contributed by atoms with van der Waals surface area (Å²) in [5, 5.41) is 0. The summed E-state index contributed by atoms with van der Waals surface area (Å²) in [5.41, 5.74) is 4.43. The standard InChI is InChI=1S/C14H19BrO/c1-14(2,3)7-13(15)10-4-5-11-8-16-9-12(11)6-10/h4-6,13H,7-9H2,1-3H3. The van der Waals surface area contributed by atoms with E-state index in [1.807, 2.05) is 0 Å². The number of alkyl halides is 1. The molecule has 0 aliphatic carbocycles. The van der Waals surface area contributed by atoms with Gasteiger partial charge in [-0.15, -0.1) is 0 Å². The van der Waals surface area contributed by atoms with Crippen LogP contribution in [0.25, 0.3) is 0 Å². The van der Waals surface area contributed by atoms with Crippen LogP contribution in [0.15, 0.2) is 18.2 Å². The first-order chi connectivity index (χ1) is 7.46. The molecular formula is C14H19BrO. The molecule has 0 saturated heterocycles. The normalized spacial score (nSPS) is 17.2. The highest BCUT2D eigenvalue weighted by atomic mass is 79.9. The fourth-order valence-corrected chi connectivity index (χ4v) is 3.30. The highest BCUT2D eigenvalue weighted by Gasteiger charge is 2.19. The van der Waals surface area contributed by atoms with Crippen LogP contribution in [0.2, 0.25) is 0 Å². The largest absolute Gasteiger partial charge is 0.372 e. The van der Waals surface area contributed by atoms with Gasteiger partial charge in [-0.2, -0.15) is 0 Å². The molecule has 0 amide bonds. The molecule has 1 heterocycles. The van der Waals surface area contributed by atoms with E-state index in [-0.39, 0.29) is 0 Å². The number of ether oxygens (including phenoxy) is 1. The van der Waals surface area contributed by atoms with E-state index < -0.39 is 0 Å². The number of benzene rings is 1. The van der Waals surface area contributed by atoms with Crippen LogP contribution < -0.4 is 0 Å². The maximum absolute atomic E-state index is 5.44. The van der Waals surface area contributed by atoms with E-state index in [9.17, 15) is 0 Å². The van der Waals surface area contributed by atoms with Gasteiger partial charge in [0.1, 0.15) is 0 Å². The van der Waals surface area contributed by atoms with Crippen molar-refractivity contribution < 1.29 is 4.74 Å². The van der Waals surface area contributed by atoms with E-state index in [2.05, 4.69) is 54.9 Å². The summed E-state index contributed by atoms with van der Waals surface area (Å²) in [4.78, 5) is 0.443. The molecule has 1 atom stereocenters. The Bertz CT molecular complexity index is 379. The predicted octanol–water partition coefficient (Wildman–Crippen LogP) is 4.59. The van der Waals surface area contributed by atoms with Gasteiger partial charge in [0.2, 0.25) is 0 Å². The zero-order valence-electron chi connectivity index (χ0n) is 10.2. The fraction of sp³-hybridized carbons (Fsp3) is 0.571. The van der Waals surface area contributed by atoms with Gasteiger partial charge in [-0.3, -0.25) is 0 Å². The summed E-state index contributed by atoms with van der Waals surface area (Å²) < 4.78 is 5.44. The Morgan fingerprint density at radius 3 is 2.62 bits per heavy atom. The minimum Gasteiger partial charge on any atom is -0.372 e. The number of halogens is 1. The molecule has 2 heteroatoms. The summed E-state index contributed by atoms with van der Waals surface area (Å²) in [6, 6.07) is 6.71. The smallest absolute Gasteiger partial charge is 0.0725 e. The zero-order valence-corrected chi connectivity index (χ0v) is 11.8. The van der Waals surface area contributed by atoms with Crippen LogP contribution in [0.1, 0.15) is 48.7 Å². The third-order valence-corrected chi connectivity index (χ3v) is 3.75. The van der Waals surface area contributed by atoms with Crippen molar-refractivity contribution in [3.63, 3.8) is 0 Å². The Morgan fingerprint density at radius 1 is 1.25 bits per heavy atom. The van der Waals surface area contributed by atoms with Gasteiger partial charge in [-0.25, -0.2) is 0 Å². The Hall–Kier alpha value is -0.340. The van der Waals surface area contributed by atoms with Crippen LogP contribution in [0.3, 0.4) is 0 Å². The van der Waals surface area contributed by atoms with E-state index in [0.29, 0.717) is 10.2 Å². The van der Waals surface area contributed by atoms with Crippen molar-refractivity contribution in [2.75, 3.05) is 0 Å². The van der Waals surface area contributed by atoms with Crippen molar-refractivity contribution in [1.82, 2.24) is 0 Å². The van der Waals surface area contributed by atoms with E-state index in [1.54, 1.807) is 0 Å². The Labute approximate surface area is 106 Å². The van der Waals surface area contributed by atoms with Crippen molar-refractivity contribution in [3.05, 3.63) is 34.9 Å². The Kier molecular flexibility index (Phi) is 3.41. The van der Waals surface area contributed by atoms with Crippen LogP contribution in [0.4, 0.5) is 0 Å². The molecule has 0 bridgehead atoms. The summed E-state index contributed by atoms with van der Waals surface area (Å²) >= 11 is 3.79. The molecule has 1 aliphatic heterocycles. The summed E-state index contributed by atoms with van der Waals surface area (Å²) in [6.45, 7) is 8.38. The van der Waals surface area contributed by atoms with Crippen LogP contribution in [0.5, 0.6) is 0 Å². The Morgan fingerprint density at radius 2 is 1.94 bits per heavy atom. The number of hydrogen-bond donors (Lipinski definition) is 0. The van der Waals surface area contributed by atoms with Gasteiger partial charge < -0.3 is 4.74 Å². The lowest BCUT2D eigenvalue weighted by atomic mass is 9.88. The number of fused-ring (bicyclic) bond motifs is 1. The van der Waals surface area contributed by atoms with Crippen molar-refractivity contribution in [1.29, 1.82) is 0 Å². The zero-order chi connectivity index (χ0) is 11.8. The van der Waals surface area contributed by atoms with Crippen LogP contribution >= 0.6 is 15.9 Å². The van der Waals surface area contributed by atoms with Gasteiger partial charge in [-0.1, -0.05) is 54.9 Å². The van der Waals surface area contributed by atoms with Crippen LogP contribution in [-0.2, 0) is 18.0 Å². The molecule has 0 saturated carbocycles. The molecule has 1 unspecified atom stereocenters. The topological polar surface area (TPSA) is 9.23 Å². The summed E-state index contributed by atoms with van der Waals surface area (Å²) in [6.07, 6.45) is 1.15. The Balaban J connectivity index is 2.15. The second kappa shape index (κ2) is 4.50. The van der Waals surface area contributed by atoms with Gasteiger partial charge in [-0.05, 0) is 28.5 Å². The molecule has 0 radical (unpaired) electrons. The summed E-state index contributed by atoms with van der Waals surface area (Å²) in [7, 11) is 0. The number of hydrogen-bond acceptors (Lipinski definition) is 1. The van der Waals surface area contributed by atoms with E-state index in [1.165, 1.54) is 16.7 Å². The molecule has 16 heavy (non-hydrogen) atoms. The van der Waals surface area contributed by atoms with Gasteiger partial charge in [0, 0.05) is 4.83 Å². The molecule has 0 fully saturated rings. The van der Waals surface area contributed by atoms with E-state index in [0.717, 1.165) is 19.6 Å². The SMILES string of the molecule is CC(C)(C)CC(Br)c1ccc2c(c1)COC2. The van der Waals surface area contributed by atoms with Gasteiger partial charge in [0.25, 0.3) is 0 Å². The first-order valence-corrected chi connectivity index (χ1v) is 6.71. The molecule has 0 aromatic heterocycles. The van der Waals surface area contributed by atoms with Crippen molar-refractivity contribution in [2.24, 2.45) is 5.41 Å². The lowest BCUT2D eigenvalue weighted by Crippen LogP contribution is -2.08. The molecule has 1 aromatic rings. The highest BCUT2D eigenvalue weighted by molar-refractivity contribution is 9.09. The average molecular weight is 283 g/mol. The first-order valence-electron chi connectivity index (χ1n) is 5.79. The van der Waals surface area contributed by atoms with Gasteiger partial charge >= 0.3 is 0 Å². The molecule has 0 N–H and O–H groups in total. The molecule has 2 rings (SSSR count). The third kappa shape index (κ3) is 2.86. The number of rotatable bonds is 2. The van der Waals surface area contributed by atoms with Crippen LogP contribution in [-0.4, -0.2) is 0 Å². The second-order valence-electron chi connectivity index (χ2n) is 5.75. The quantitative estimate of drug-likeness (QED) is 0.721. The summed E-state index contributed by atoms with van der Waals surface area (Å²) in [5.74, 6) is 0. The monoisotopic (exact) mass is 282 g/mol. The lowest BCUT2D eigenvalue weighted by Gasteiger charge is -2.22. The van der Waals surface area contributed by atoms with Crippen molar-refractivity contribution in [3.8, 4) is 0 Å². The van der Waals surface area contributed by atoms with E-state index >= 15 is 0 Å². The minimum absolute atomic E-state index is 0.351. The molecule has 0 spiro atoms. The molecular weight excluding hydrogens is 264 g/mol. The maximum Gasteiger partial charge on any atom is 0.0725 e.